The van der Waals surface area contributed by atoms with Crippen molar-refractivity contribution in [3.05, 3.63) is 54.1 Å². The third-order valence-corrected chi connectivity index (χ3v) is 3.81. The van der Waals surface area contributed by atoms with E-state index in [0.717, 1.165) is 19.1 Å². The van der Waals surface area contributed by atoms with Gasteiger partial charge < -0.3 is 9.88 Å². The Morgan fingerprint density at radius 2 is 2.00 bits per heavy atom. The molecule has 0 amide bonds. The second-order valence-electron chi connectivity index (χ2n) is 5.70. The molecule has 3 nitrogen and oxygen atoms in total. The van der Waals surface area contributed by atoms with E-state index in [1.165, 1.54) is 43.4 Å². The number of benzene rings is 1. The number of unbranched alkanes of at least 4 members (excludes halogenated alkanes) is 1. The zero-order chi connectivity index (χ0) is 13.6. The minimum absolute atomic E-state index is 0.756. The van der Waals surface area contributed by atoms with Crippen molar-refractivity contribution in [2.45, 2.75) is 51.2 Å². The predicted octanol–water partition coefficient (Wildman–Crippen LogP) is 3.16. The van der Waals surface area contributed by atoms with E-state index in [1.54, 1.807) is 0 Å². The Morgan fingerprint density at radius 3 is 2.80 bits per heavy atom. The molecule has 1 saturated carbocycles. The standard InChI is InChI=1S/C17H23N3/c1-2-6-15(7-3-1)8-4-5-11-20-13-17(19-14-20)12-18-16-9-10-16/h1-3,6-7,13-14,16,18H,4-5,8-12H2. The molecule has 0 saturated heterocycles. The molecule has 1 aromatic heterocycles. The zero-order valence-electron chi connectivity index (χ0n) is 12.0. The van der Waals surface area contributed by atoms with E-state index in [0.29, 0.717) is 0 Å². The maximum atomic E-state index is 4.45. The summed E-state index contributed by atoms with van der Waals surface area (Å²) >= 11 is 0. The van der Waals surface area contributed by atoms with Crippen molar-refractivity contribution in [2.24, 2.45) is 0 Å². The van der Waals surface area contributed by atoms with E-state index >= 15 is 0 Å². The summed E-state index contributed by atoms with van der Waals surface area (Å²) in [5.74, 6) is 0. The van der Waals surface area contributed by atoms with Crippen LogP contribution in [0.5, 0.6) is 0 Å². The predicted molar refractivity (Wildman–Crippen MR) is 81.5 cm³/mol. The van der Waals surface area contributed by atoms with Crippen LogP contribution >= 0.6 is 0 Å². The lowest BCUT2D eigenvalue weighted by Gasteiger charge is -2.03. The van der Waals surface area contributed by atoms with E-state index in [2.05, 4.69) is 51.4 Å². The van der Waals surface area contributed by atoms with Crippen LogP contribution in [0.3, 0.4) is 0 Å². The summed E-state index contributed by atoms with van der Waals surface area (Å²) < 4.78 is 2.22. The summed E-state index contributed by atoms with van der Waals surface area (Å²) in [7, 11) is 0. The van der Waals surface area contributed by atoms with Crippen molar-refractivity contribution in [3.8, 4) is 0 Å². The summed E-state index contributed by atoms with van der Waals surface area (Å²) in [6.45, 7) is 1.99. The van der Waals surface area contributed by atoms with Gasteiger partial charge in [0, 0.05) is 25.3 Å². The van der Waals surface area contributed by atoms with E-state index in [4.69, 9.17) is 0 Å². The van der Waals surface area contributed by atoms with Crippen LogP contribution < -0.4 is 5.32 Å². The van der Waals surface area contributed by atoms with E-state index in [-0.39, 0.29) is 0 Å². The molecule has 0 radical (unpaired) electrons. The molecule has 0 aliphatic heterocycles. The molecule has 1 aliphatic rings. The molecule has 0 atom stereocenters. The molecular formula is C17H23N3. The molecular weight excluding hydrogens is 246 g/mol. The Morgan fingerprint density at radius 1 is 1.15 bits per heavy atom. The Kier molecular flexibility index (Phi) is 4.49. The number of nitrogens with one attached hydrogen (secondary N) is 1. The van der Waals surface area contributed by atoms with Crippen molar-refractivity contribution >= 4 is 0 Å². The lowest BCUT2D eigenvalue weighted by atomic mass is 10.1. The zero-order valence-corrected chi connectivity index (χ0v) is 12.0. The normalized spacial score (nSPS) is 14.6. The van der Waals surface area contributed by atoms with Crippen LogP contribution in [0.15, 0.2) is 42.9 Å². The van der Waals surface area contributed by atoms with Crippen LogP contribution in [0.25, 0.3) is 0 Å². The largest absolute Gasteiger partial charge is 0.337 e. The number of imidazole rings is 1. The molecule has 1 aromatic carbocycles. The Labute approximate surface area is 121 Å². The first-order valence-corrected chi connectivity index (χ1v) is 7.68. The maximum absolute atomic E-state index is 4.45. The number of aromatic nitrogens is 2. The molecule has 1 N–H and O–H groups in total. The molecule has 1 heterocycles. The van der Waals surface area contributed by atoms with Crippen LogP contribution in [0.4, 0.5) is 0 Å². The highest BCUT2D eigenvalue weighted by atomic mass is 15.1. The molecule has 106 valence electrons. The van der Waals surface area contributed by atoms with Crippen molar-refractivity contribution in [3.63, 3.8) is 0 Å². The molecule has 3 rings (SSSR count). The van der Waals surface area contributed by atoms with Crippen molar-refractivity contribution in [1.82, 2.24) is 14.9 Å². The molecule has 0 spiro atoms. The highest BCUT2D eigenvalue weighted by molar-refractivity contribution is 5.14. The van der Waals surface area contributed by atoms with Crippen molar-refractivity contribution in [1.29, 1.82) is 0 Å². The van der Waals surface area contributed by atoms with Crippen LogP contribution in [0.2, 0.25) is 0 Å². The highest BCUT2D eigenvalue weighted by Crippen LogP contribution is 2.19. The van der Waals surface area contributed by atoms with Gasteiger partial charge in [-0.1, -0.05) is 30.3 Å². The van der Waals surface area contributed by atoms with Gasteiger partial charge in [0.25, 0.3) is 0 Å². The second-order valence-corrected chi connectivity index (χ2v) is 5.70. The Bertz CT molecular complexity index is 514. The number of nitrogens with zero attached hydrogens (tertiary/aromatic N) is 2. The van der Waals surface area contributed by atoms with Crippen molar-refractivity contribution in [2.75, 3.05) is 0 Å². The lowest BCUT2D eigenvalue weighted by molar-refractivity contribution is 0.607. The summed E-state index contributed by atoms with van der Waals surface area (Å²) in [5, 5.41) is 3.50. The van der Waals surface area contributed by atoms with Gasteiger partial charge >= 0.3 is 0 Å². The third-order valence-electron chi connectivity index (χ3n) is 3.81. The average Bonchev–Trinajstić information content (AvgIpc) is 3.21. The lowest BCUT2D eigenvalue weighted by Crippen LogP contribution is -2.15. The van der Waals surface area contributed by atoms with Crippen LogP contribution in [-0.2, 0) is 19.5 Å². The monoisotopic (exact) mass is 269 g/mol. The van der Waals surface area contributed by atoms with E-state index in [1.807, 2.05) is 6.33 Å². The molecule has 0 bridgehead atoms. The van der Waals surface area contributed by atoms with Gasteiger partial charge in [-0.3, -0.25) is 0 Å². The number of aryl methyl sites for hydroxylation is 2. The van der Waals surface area contributed by atoms with Crippen LogP contribution in [0.1, 0.15) is 36.9 Å². The van der Waals surface area contributed by atoms with Gasteiger partial charge in [0.15, 0.2) is 0 Å². The SMILES string of the molecule is c1ccc(CCCCn2cnc(CNC3CC3)c2)cc1. The molecule has 20 heavy (non-hydrogen) atoms. The van der Waals surface area contributed by atoms with Gasteiger partial charge in [-0.25, -0.2) is 4.98 Å². The average molecular weight is 269 g/mol. The molecule has 2 aromatic rings. The minimum Gasteiger partial charge on any atom is -0.337 e. The first kappa shape index (κ1) is 13.4. The fourth-order valence-corrected chi connectivity index (χ4v) is 2.42. The van der Waals surface area contributed by atoms with E-state index in [9.17, 15) is 0 Å². The van der Waals surface area contributed by atoms with Crippen LogP contribution in [0, 0.1) is 0 Å². The van der Waals surface area contributed by atoms with Gasteiger partial charge in [-0.15, -0.1) is 0 Å². The minimum atomic E-state index is 0.756. The number of hydrogen-bond acceptors (Lipinski definition) is 2. The van der Waals surface area contributed by atoms with Gasteiger partial charge in [-0.05, 0) is 37.7 Å². The Hall–Kier alpha value is -1.61. The van der Waals surface area contributed by atoms with Crippen molar-refractivity contribution < 1.29 is 0 Å². The summed E-state index contributed by atoms with van der Waals surface area (Å²) in [6, 6.07) is 11.5. The highest BCUT2D eigenvalue weighted by Gasteiger charge is 2.20. The van der Waals surface area contributed by atoms with Gasteiger partial charge in [0.1, 0.15) is 0 Å². The summed E-state index contributed by atoms with van der Waals surface area (Å²) in [5.41, 5.74) is 2.60. The molecule has 1 aliphatic carbocycles. The van der Waals surface area contributed by atoms with Gasteiger partial charge in [-0.2, -0.15) is 0 Å². The molecule has 0 unspecified atom stereocenters. The smallest absolute Gasteiger partial charge is 0.0949 e. The number of hydrogen-bond donors (Lipinski definition) is 1. The van der Waals surface area contributed by atoms with Gasteiger partial charge in [0.2, 0.25) is 0 Å². The fraction of sp³-hybridized carbons (Fsp3) is 0.471. The van der Waals surface area contributed by atoms with Crippen LogP contribution in [-0.4, -0.2) is 15.6 Å². The molecule has 1 fully saturated rings. The quantitative estimate of drug-likeness (QED) is 0.746. The Balaban J connectivity index is 1.35. The van der Waals surface area contributed by atoms with E-state index < -0.39 is 0 Å². The topological polar surface area (TPSA) is 29.9 Å². The fourth-order valence-electron chi connectivity index (χ4n) is 2.42. The molecule has 3 heteroatoms. The first-order valence-electron chi connectivity index (χ1n) is 7.68. The van der Waals surface area contributed by atoms with Gasteiger partial charge in [0.05, 0.1) is 12.0 Å². The maximum Gasteiger partial charge on any atom is 0.0949 e. The summed E-state index contributed by atoms with van der Waals surface area (Å²) in [4.78, 5) is 4.45. The summed E-state index contributed by atoms with van der Waals surface area (Å²) in [6.07, 6.45) is 10.4. The second kappa shape index (κ2) is 6.71. The third kappa shape index (κ3) is 4.20. The first-order chi connectivity index (χ1) is 9.90. The number of rotatable bonds is 8.